The van der Waals surface area contributed by atoms with Gasteiger partial charge in [-0.25, -0.2) is 4.79 Å². The summed E-state index contributed by atoms with van der Waals surface area (Å²) in [5, 5.41) is 11.2. The molecule has 22 heavy (non-hydrogen) atoms. The van der Waals surface area contributed by atoms with Crippen molar-refractivity contribution in [2.45, 2.75) is 25.0 Å². The summed E-state index contributed by atoms with van der Waals surface area (Å²) < 4.78 is 15.4. The topological polar surface area (TPSA) is 111 Å². The van der Waals surface area contributed by atoms with Crippen molar-refractivity contribution in [1.82, 2.24) is 5.32 Å². The normalized spacial score (nSPS) is 34.6. The molecule has 0 spiro atoms. The van der Waals surface area contributed by atoms with Gasteiger partial charge >= 0.3 is 17.9 Å². The lowest BCUT2D eigenvalue weighted by Crippen LogP contribution is -2.37. The maximum Gasteiger partial charge on any atom is 0.344 e. The zero-order chi connectivity index (χ0) is 15.7. The van der Waals surface area contributed by atoms with Crippen LogP contribution in [0.25, 0.3) is 0 Å². The van der Waals surface area contributed by atoms with E-state index in [-0.39, 0.29) is 49.5 Å². The minimum absolute atomic E-state index is 0.0274. The first-order valence-electron chi connectivity index (χ1n) is 7.47. The van der Waals surface area contributed by atoms with Gasteiger partial charge in [-0.3, -0.25) is 9.59 Å². The van der Waals surface area contributed by atoms with Crippen LogP contribution in [0.2, 0.25) is 0 Å². The molecular weight excluding hydrogens is 294 g/mol. The Morgan fingerprint density at radius 2 is 2.14 bits per heavy atom. The van der Waals surface area contributed by atoms with Crippen molar-refractivity contribution in [3.8, 4) is 0 Å². The number of fused-ring (bicyclic) bond motifs is 1. The van der Waals surface area contributed by atoms with Crippen molar-refractivity contribution in [3.63, 3.8) is 0 Å². The molecule has 0 aromatic carbocycles. The number of rotatable bonds is 7. The van der Waals surface area contributed by atoms with Gasteiger partial charge in [-0.05, 0) is 12.8 Å². The minimum atomic E-state index is -0.632. The summed E-state index contributed by atoms with van der Waals surface area (Å²) in [6, 6.07) is 0. The van der Waals surface area contributed by atoms with Crippen molar-refractivity contribution >= 4 is 17.9 Å². The van der Waals surface area contributed by atoms with E-state index in [2.05, 4.69) is 5.32 Å². The van der Waals surface area contributed by atoms with Gasteiger partial charge in [-0.1, -0.05) is 0 Å². The van der Waals surface area contributed by atoms with Crippen LogP contribution in [0.5, 0.6) is 0 Å². The van der Waals surface area contributed by atoms with Crippen molar-refractivity contribution in [2.24, 2.45) is 17.8 Å². The highest BCUT2D eigenvalue weighted by atomic mass is 16.6. The molecule has 3 aliphatic rings. The quantitative estimate of drug-likeness (QED) is 0.335. The summed E-state index contributed by atoms with van der Waals surface area (Å²) >= 11 is 0. The van der Waals surface area contributed by atoms with Crippen LogP contribution in [0.4, 0.5) is 0 Å². The lowest BCUT2D eigenvalue weighted by Gasteiger charge is -2.25. The average molecular weight is 313 g/mol. The zero-order valence-corrected chi connectivity index (χ0v) is 12.0. The Morgan fingerprint density at radius 3 is 2.91 bits per heavy atom. The molecule has 0 amide bonds. The second-order valence-electron chi connectivity index (χ2n) is 5.92. The predicted molar refractivity (Wildman–Crippen MR) is 70.4 cm³/mol. The smallest absolute Gasteiger partial charge is 0.344 e. The minimum Gasteiger partial charge on any atom is -0.458 e. The molecule has 8 nitrogen and oxygen atoms in total. The maximum atomic E-state index is 11.8. The molecule has 122 valence electrons. The van der Waals surface area contributed by atoms with E-state index in [1.165, 1.54) is 0 Å². The molecule has 1 saturated heterocycles. The highest BCUT2D eigenvalue weighted by Gasteiger charge is 2.63. The van der Waals surface area contributed by atoms with E-state index in [4.69, 9.17) is 19.3 Å². The van der Waals surface area contributed by atoms with Crippen LogP contribution >= 0.6 is 0 Å². The monoisotopic (exact) mass is 313 g/mol. The van der Waals surface area contributed by atoms with Gasteiger partial charge < -0.3 is 24.6 Å². The number of esters is 3. The van der Waals surface area contributed by atoms with Gasteiger partial charge in [-0.2, -0.15) is 0 Å². The predicted octanol–water partition coefficient (Wildman–Crippen LogP) is -1.40. The van der Waals surface area contributed by atoms with E-state index in [9.17, 15) is 14.4 Å². The van der Waals surface area contributed by atoms with E-state index < -0.39 is 24.6 Å². The third-order valence-electron chi connectivity index (χ3n) is 4.59. The largest absolute Gasteiger partial charge is 0.458 e. The van der Waals surface area contributed by atoms with Crippen molar-refractivity contribution in [2.75, 3.05) is 26.3 Å². The zero-order valence-electron chi connectivity index (χ0n) is 12.0. The Labute approximate surface area is 127 Å². The SMILES string of the molecule is O=C(CNCCO)OCC(=O)OC1C2CC3C(=O)OC1C3C2. The number of carbonyl (C=O) groups is 3. The van der Waals surface area contributed by atoms with E-state index in [1.54, 1.807) is 0 Å². The van der Waals surface area contributed by atoms with Gasteiger partial charge in [0, 0.05) is 18.4 Å². The lowest BCUT2D eigenvalue weighted by molar-refractivity contribution is -0.169. The van der Waals surface area contributed by atoms with Gasteiger partial charge in [0.15, 0.2) is 6.61 Å². The van der Waals surface area contributed by atoms with E-state index in [0.29, 0.717) is 6.42 Å². The summed E-state index contributed by atoms with van der Waals surface area (Å²) in [4.78, 5) is 34.7. The first-order chi connectivity index (χ1) is 10.6. The Bertz CT molecular complexity index is 480. The fourth-order valence-electron chi connectivity index (χ4n) is 3.71. The molecule has 2 N–H and O–H groups in total. The lowest BCUT2D eigenvalue weighted by atomic mass is 9.88. The van der Waals surface area contributed by atoms with Crippen LogP contribution in [-0.2, 0) is 28.6 Å². The third-order valence-corrected chi connectivity index (χ3v) is 4.59. The molecule has 2 saturated carbocycles. The van der Waals surface area contributed by atoms with Gasteiger partial charge in [0.2, 0.25) is 0 Å². The second-order valence-corrected chi connectivity index (χ2v) is 5.92. The molecule has 2 aliphatic carbocycles. The van der Waals surface area contributed by atoms with Crippen molar-refractivity contribution in [3.05, 3.63) is 0 Å². The van der Waals surface area contributed by atoms with Crippen LogP contribution in [0.1, 0.15) is 12.8 Å². The molecule has 3 fully saturated rings. The Kier molecular flexibility index (Phi) is 4.30. The molecule has 2 bridgehead atoms. The van der Waals surface area contributed by atoms with Crippen LogP contribution in [0, 0.1) is 17.8 Å². The Hall–Kier alpha value is -1.67. The fourth-order valence-corrected chi connectivity index (χ4v) is 3.71. The molecular formula is C14H19NO7. The molecule has 8 heteroatoms. The molecule has 3 rings (SSSR count). The molecule has 0 aromatic rings. The van der Waals surface area contributed by atoms with Crippen LogP contribution in [-0.4, -0.2) is 61.5 Å². The summed E-state index contributed by atoms with van der Waals surface area (Å²) in [7, 11) is 0. The number of aliphatic hydroxyl groups excluding tert-OH is 1. The van der Waals surface area contributed by atoms with Crippen LogP contribution in [0.3, 0.4) is 0 Å². The average Bonchev–Trinajstić information content (AvgIpc) is 3.10. The highest BCUT2D eigenvalue weighted by Crippen LogP contribution is 2.55. The summed E-state index contributed by atoms with van der Waals surface area (Å²) in [6.45, 7) is -0.346. The number of carbonyl (C=O) groups excluding carboxylic acids is 3. The number of hydrogen-bond acceptors (Lipinski definition) is 8. The molecule has 0 aromatic heterocycles. The molecule has 0 radical (unpaired) electrons. The van der Waals surface area contributed by atoms with Gasteiger partial charge in [0.25, 0.3) is 0 Å². The summed E-state index contributed by atoms with van der Waals surface area (Å²) in [5.74, 6) is -1.10. The molecule has 5 atom stereocenters. The first kappa shape index (κ1) is 15.2. The molecule has 5 unspecified atom stereocenters. The molecule has 1 heterocycles. The molecule has 1 aliphatic heterocycles. The van der Waals surface area contributed by atoms with Gasteiger partial charge in [0.1, 0.15) is 12.2 Å². The van der Waals surface area contributed by atoms with Crippen molar-refractivity contribution in [1.29, 1.82) is 0 Å². The van der Waals surface area contributed by atoms with Crippen LogP contribution < -0.4 is 5.32 Å². The van der Waals surface area contributed by atoms with Crippen LogP contribution in [0.15, 0.2) is 0 Å². The van der Waals surface area contributed by atoms with Gasteiger partial charge in [-0.15, -0.1) is 0 Å². The number of aliphatic hydroxyl groups is 1. The summed E-state index contributed by atoms with van der Waals surface area (Å²) in [6.07, 6.45) is 0.820. The number of hydrogen-bond donors (Lipinski definition) is 2. The first-order valence-corrected chi connectivity index (χ1v) is 7.47. The summed E-state index contributed by atoms with van der Waals surface area (Å²) in [5.41, 5.74) is 0. The standard InChI is InChI=1S/C14H19NO7/c16-2-1-15-5-10(17)20-6-11(18)21-12-7-3-8-9(4-7)14(19)22-13(8)12/h7-9,12-13,15-16H,1-6H2. The Morgan fingerprint density at radius 1 is 1.32 bits per heavy atom. The number of nitrogens with one attached hydrogen (secondary N) is 1. The second kappa shape index (κ2) is 6.21. The van der Waals surface area contributed by atoms with E-state index >= 15 is 0 Å². The van der Waals surface area contributed by atoms with E-state index in [1.807, 2.05) is 0 Å². The maximum absolute atomic E-state index is 11.8. The fraction of sp³-hybridized carbons (Fsp3) is 0.786. The van der Waals surface area contributed by atoms with E-state index in [0.717, 1.165) is 6.42 Å². The highest BCUT2D eigenvalue weighted by molar-refractivity contribution is 5.78. The Balaban J connectivity index is 1.42. The third kappa shape index (κ3) is 2.80. The number of ether oxygens (including phenoxy) is 3. The van der Waals surface area contributed by atoms with Gasteiger partial charge in [0.05, 0.1) is 19.1 Å². The van der Waals surface area contributed by atoms with Crippen molar-refractivity contribution < 1.29 is 33.7 Å².